The van der Waals surface area contributed by atoms with Crippen molar-refractivity contribution in [3.8, 4) is 5.75 Å². The Balaban J connectivity index is 1.73. The molecule has 0 spiro atoms. The Morgan fingerprint density at radius 2 is 2.05 bits per heavy atom. The fourth-order valence-electron chi connectivity index (χ4n) is 3.31. The van der Waals surface area contributed by atoms with Crippen molar-refractivity contribution >= 4 is 11.6 Å². The fourth-order valence-corrected chi connectivity index (χ4v) is 3.56. The van der Waals surface area contributed by atoms with E-state index in [0.717, 1.165) is 29.7 Å². The van der Waals surface area contributed by atoms with Crippen LogP contribution in [-0.2, 0) is 12.8 Å². The number of benzene rings is 2. The lowest BCUT2D eigenvalue weighted by Crippen LogP contribution is -2.23. The standard InChI is InChI=1S/C17H15ClO2/c18-12-7-11-5-6-20-17(11)15(9-12)16(19)14-8-10-3-1-2-4-13(10)14/h1-4,7,9,14,16,19H,5-6,8H2. The van der Waals surface area contributed by atoms with Gasteiger partial charge in [0.25, 0.3) is 0 Å². The average Bonchev–Trinajstić information content (AvgIpc) is 2.87. The van der Waals surface area contributed by atoms with Crippen molar-refractivity contribution in [2.24, 2.45) is 0 Å². The van der Waals surface area contributed by atoms with Crippen LogP contribution >= 0.6 is 11.6 Å². The highest BCUT2D eigenvalue weighted by Gasteiger charge is 2.35. The third-order valence-corrected chi connectivity index (χ3v) is 4.59. The second-order valence-corrected chi connectivity index (χ2v) is 5.97. The minimum absolute atomic E-state index is 0.151. The van der Waals surface area contributed by atoms with Gasteiger partial charge in [-0.1, -0.05) is 35.9 Å². The van der Waals surface area contributed by atoms with Crippen molar-refractivity contribution in [2.45, 2.75) is 24.9 Å². The van der Waals surface area contributed by atoms with E-state index in [2.05, 4.69) is 12.1 Å². The van der Waals surface area contributed by atoms with Crippen LogP contribution in [0, 0.1) is 0 Å². The molecule has 3 heteroatoms. The third-order valence-electron chi connectivity index (χ3n) is 4.37. The molecule has 0 saturated carbocycles. The Morgan fingerprint density at radius 3 is 2.90 bits per heavy atom. The Kier molecular flexibility index (Phi) is 2.76. The van der Waals surface area contributed by atoms with E-state index in [1.54, 1.807) is 0 Å². The van der Waals surface area contributed by atoms with Crippen molar-refractivity contribution in [3.63, 3.8) is 0 Å². The zero-order valence-corrected chi connectivity index (χ0v) is 11.7. The second kappa shape index (κ2) is 4.51. The maximum absolute atomic E-state index is 10.7. The van der Waals surface area contributed by atoms with E-state index in [1.165, 1.54) is 11.1 Å². The molecule has 0 fully saturated rings. The SMILES string of the molecule is OC(c1cc(Cl)cc2c1OCC2)C1Cc2ccccc21. The van der Waals surface area contributed by atoms with Gasteiger partial charge in [0.1, 0.15) is 5.75 Å². The highest BCUT2D eigenvalue weighted by molar-refractivity contribution is 6.30. The summed E-state index contributed by atoms with van der Waals surface area (Å²) in [5, 5.41) is 11.4. The monoisotopic (exact) mass is 286 g/mol. The first-order valence-electron chi connectivity index (χ1n) is 6.95. The van der Waals surface area contributed by atoms with E-state index in [9.17, 15) is 5.11 Å². The number of ether oxygens (including phenoxy) is 1. The lowest BCUT2D eigenvalue weighted by Gasteiger charge is -2.34. The first-order chi connectivity index (χ1) is 9.74. The third kappa shape index (κ3) is 1.75. The van der Waals surface area contributed by atoms with Crippen molar-refractivity contribution < 1.29 is 9.84 Å². The van der Waals surface area contributed by atoms with Gasteiger partial charge in [-0.15, -0.1) is 0 Å². The molecule has 4 rings (SSSR count). The summed E-state index contributed by atoms with van der Waals surface area (Å²) < 4.78 is 5.69. The Hall–Kier alpha value is -1.51. The molecule has 1 aliphatic carbocycles. The molecule has 2 nitrogen and oxygen atoms in total. The van der Waals surface area contributed by atoms with E-state index in [4.69, 9.17) is 16.3 Å². The number of aliphatic hydroxyl groups excluding tert-OH is 1. The largest absolute Gasteiger partial charge is 0.493 e. The maximum Gasteiger partial charge on any atom is 0.128 e. The smallest absolute Gasteiger partial charge is 0.128 e. The van der Waals surface area contributed by atoms with Gasteiger partial charge in [0.15, 0.2) is 0 Å². The molecule has 20 heavy (non-hydrogen) atoms. The quantitative estimate of drug-likeness (QED) is 0.913. The van der Waals surface area contributed by atoms with Crippen LogP contribution in [-0.4, -0.2) is 11.7 Å². The number of aliphatic hydroxyl groups is 1. The van der Waals surface area contributed by atoms with Gasteiger partial charge in [-0.2, -0.15) is 0 Å². The van der Waals surface area contributed by atoms with E-state index < -0.39 is 6.10 Å². The molecular weight excluding hydrogens is 272 g/mol. The summed E-state index contributed by atoms with van der Waals surface area (Å²) in [5.74, 6) is 0.990. The van der Waals surface area contributed by atoms with Crippen LogP contribution in [0.2, 0.25) is 5.02 Å². The first kappa shape index (κ1) is 12.2. The van der Waals surface area contributed by atoms with Gasteiger partial charge in [0.2, 0.25) is 0 Å². The van der Waals surface area contributed by atoms with Crippen LogP contribution in [0.1, 0.15) is 34.3 Å². The summed E-state index contributed by atoms with van der Waals surface area (Å²) in [7, 11) is 0. The molecule has 1 N–H and O–H groups in total. The Labute approximate surface area is 123 Å². The molecule has 0 amide bonds. The fraction of sp³-hybridized carbons (Fsp3) is 0.294. The van der Waals surface area contributed by atoms with Crippen LogP contribution in [0.15, 0.2) is 36.4 Å². The molecule has 1 aliphatic heterocycles. The van der Waals surface area contributed by atoms with E-state index in [-0.39, 0.29) is 5.92 Å². The predicted molar refractivity (Wildman–Crippen MR) is 78.5 cm³/mol. The lowest BCUT2D eigenvalue weighted by atomic mass is 9.72. The predicted octanol–water partition coefficient (Wildman–Crippen LogP) is 3.65. The molecule has 2 aromatic rings. The molecule has 0 radical (unpaired) electrons. The zero-order chi connectivity index (χ0) is 13.7. The van der Waals surface area contributed by atoms with Gasteiger partial charge in [-0.3, -0.25) is 0 Å². The second-order valence-electron chi connectivity index (χ2n) is 5.54. The highest BCUT2D eigenvalue weighted by atomic mass is 35.5. The number of fused-ring (bicyclic) bond motifs is 2. The van der Waals surface area contributed by atoms with Crippen LogP contribution < -0.4 is 4.74 Å². The molecule has 0 saturated heterocycles. The van der Waals surface area contributed by atoms with Crippen LogP contribution in [0.5, 0.6) is 5.75 Å². The summed E-state index contributed by atoms with van der Waals surface area (Å²) in [6.45, 7) is 0.677. The van der Waals surface area contributed by atoms with Crippen molar-refractivity contribution in [1.29, 1.82) is 0 Å². The molecule has 2 unspecified atom stereocenters. The van der Waals surface area contributed by atoms with E-state index in [0.29, 0.717) is 11.6 Å². The topological polar surface area (TPSA) is 29.5 Å². The van der Waals surface area contributed by atoms with Gasteiger partial charge in [-0.25, -0.2) is 0 Å². The van der Waals surface area contributed by atoms with Crippen molar-refractivity contribution in [3.05, 3.63) is 63.7 Å². The number of rotatable bonds is 2. The average molecular weight is 287 g/mol. The minimum Gasteiger partial charge on any atom is -0.493 e. The Morgan fingerprint density at radius 1 is 1.20 bits per heavy atom. The zero-order valence-electron chi connectivity index (χ0n) is 11.0. The van der Waals surface area contributed by atoms with Crippen LogP contribution in [0.4, 0.5) is 0 Å². The van der Waals surface area contributed by atoms with Crippen LogP contribution in [0.25, 0.3) is 0 Å². The molecule has 0 bridgehead atoms. The normalized spacial score (nSPS) is 20.6. The maximum atomic E-state index is 10.7. The summed E-state index contributed by atoms with van der Waals surface area (Å²) in [6, 6.07) is 12.1. The lowest BCUT2D eigenvalue weighted by molar-refractivity contribution is 0.131. The van der Waals surface area contributed by atoms with Gasteiger partial charge < -0.3 is 9.84 Å². The molecule has 2 aliphatic rings. The molecule has 1 heterocycles. The van der Waals surface area contributed by atoms with Crippen LogP contribution in [0.3, 0.4) is 0 Å². The summed E-state index contributed by atoms with van der Waals surface area (Å²) in [5.41, 5.74) is 4.52. The van der Waals surface area contributed by atoms with Gasteiger partial charge in [-0.05, 0) is 35.2 Å². The van der Waals surface area contributed by atoms with E-state index >= 15 is 0 Å². The summed E-state index contributed by atoms with van der Waals surface area (Å²) >= 11 is 6.17. The van der Waals surface area contributed by atoms with Gasteiger partial charge in [0.05, 0.1) is 12.7 Å². The van der Waals surface area contributed by atoms with Gasteiger partial charge in [0, 0.05) is 22.9 Å². The van der Waals surface area contributed by atoms with Crippen molar-refractivity contribution in [2.75, 3.05) is 6.61 Å². The minimum atomic E-state index is -0.546. The molecular formula is C17H15ClO2. The first-order valence-corrected chi connectivity index (χ1v) is 7.33. The highest BCUT2D eigenvalue weighted by Crippen LogP contribution is 2.47. The Bertz CT molecular complexity index is 681. The molecule has 2 aromatic carbocycles. The van der Waals surface area contributed by atoms with Gasteiger partial charge >= 0.3 is 0 Å². The van der Waals surface area contributed by atoms with E-state index in [1.807, 2.05) is 24.3 Å². The number of hydrogen-bond acceptors (Lipinski definition) is 2. The molecule has 102 valence electrons. The number of hydrogen-bond donors (Lipinski definition) is 1. The molecule has 0 aromatic heterocycles. The summed E-state index contributed by atoms with van der Waals surface area (Å²) in [4.78, 5) is 0. The summed E-state index contributed by atoms with van der Waals surface area (Å²) in [6.07, 6.45) is 1.24. The van der Waals surface area contributed by atoms with Crippen molar-refractivity contribution in [1.82, 2.24) is 0 Å². The number of halogens is 1. The molecule has 2 atom stereocenters.